The van der Waals surface area contributed by atoms with Gasteiger partial charge in [0, 0.05) is 23.0 Å². The van der Waals surface area contributed by atoms with Crippen LogP contribution in [0.2, 0.25) is 0 Å². The first-order valence-corrected chi connectivity index (χ1v) is 19.8. The van der Waals surface area contributed by atoms with E-state index in [0.717, 1.165) is 72.9 Å². The third-order valence-electron chi connectivity index (χ3n) is 11.0. The fraction of sp³-hybridized carbons (Fsp3) is 0.208. The quantitative estimate of drug-likeness (QED) is 0.163. The highest BCUT2D eigenvalue weighted by molar-refractivity contribution is 5.97. The molecule has 284 valence electrons. The van der Waals surface area contributed by atoms with E-state index in [1.165, 1.54) is 27.8 Å². The predicted molar refractivity (Wildman–Crippen MR) is 239 cm³/mol. The van der Waals surface area contributed by atoms with Crippen LogP contribution in [0, 0.1) is 13.8 Å². The summed E-state index contributed by atoms with van der Waals surface area (Å²) < 4.78 is 8.50. The number of nitrogens with zero attached hydrogens (tertiary/aromatic N) is 3. The highest BCUT2D eigenvalue weighted by atomic mass is 16.5. The molecule has 0 aliphatic carbocycles. The lowest BCUT2D eigenvalue weighted by Crippen LogP contribution is -2.12. The highest BCUT2D eigenvalue weighted by Crippen LogP contribution is 2.42. The second kappa shape index (κ2) is 14.7. The van der Waals surface area contributed by atoms with Gasteiger partial charge < -0.3 is 4.74 Å². The van der Waals surface area contributed by atoms with Crippen LogP contribution in [-0.4, -0.2) is 21.6 Å². The Balaban J connectivity index is 1.42. The molecule has 0 saturated carbocycles. The normalized spacial score (nSPS) is 11.9. The van der Waals surface area contributed by atoms with Gasteiger partial charge >= 0.3 is 0 Å². The van der Waals surface area contributed by atoms with E-state index in [4.69, 9.17) is 14.7 Å². The average molecular weight is 746 g/mol. The molecule has 0 amide bonds. The Hall–Kier alpha value is -6.26. The zero-order valence-electron chi connectivity index (χ0n) is 34.6. The Labute approximate surface area is 337 Å². The van der Waals surface area contributed by atoms with E-state index >= 15 is 0 Å². The Morgan fingerprint density at radius 3 is 1.82 bits per heavy atom. The van der Waals surface area contributed by atoms with Gasteiger partial charge in [-0.15, -0.1) is 0 Å². The molecule has 8 aromatic rings. The summed E-state index contributed by atoms with van der Waals surface area (Å²) in [5.41, 5.74) is 17.4. The van der Waals surface area contributed by atoms with Gasteiger partial charge in [0.1, 0.15) is 11.6 Å². The minimum absolute atomic E-state index is 0.0888. The van der Waals surface area contributed by atoms with Crippen LogP contribution in [-0.2, 0) is 10.8 Å². The van der Waals surface area contributed by atoms with Gasteiger partial charge in [0.15, 0.2) is 0 Å². The smallest absolute Gasteiger partial charge is 0.149 e. The van der Waals surface area contributed by atoms with Crippen molar-refractivity contribution < 1.29 is 4.74 Å². The molecule has 4 nitrogen and oxygen atoms in total. The monoisotopic (exact) mass is 745 g/mol. The number of rotatable bonds is 7. The second-order valence-corrected chi connectivity index (χ2v) is 17.3. The number of para-hydroxylation sites is 1. The molecule has 4 heteroatoms. The molecule has 0 N–H and O–H groups in total. The standard InChI is InChI=1S/C53H51N3O/c1-34-25-35(2)50(57-9)46(26-34)51-55-49-45(21-16-22-48(49)56(51)44-31-39(37-19-14-11-15-20-37)28-43(33-44)53(6,7)8)40-27-41(30-42(29-40)52(3,4)5)47-32-38(23-24-54-47)36-17-12-10-13-18-36/h10-33H,1-9H3. The van der Waals surface area contributed by atoms with E-state index in [1.807, 2.05) is 6.20 Å². The van der Waals surface area contributed by atoms with Crippen LogP contribution >= 0.6 is 0 Å². The van der Waals surface area contributed by atoms with Crippen molar-refractivity contribution in [2.45, 2.75) is 66.2 Å². The summed E-state index contributed by atoms with van der Waals surface area (Å²) in [6, 6.07) is 50.3. The number of fused-ring (bicyclic) bond motifs is 1. The number of hydrogen-bond donors (Lipinski definition) is 0. The van der Waals surface area contributed by atoms with E-state index in [0.29, 0.717) is 0 Å². The van der Waals surface area contributed by atoms with E-state index in [-0.39, 0.29) is 10.8 Å². The molecule has 0 spiro atoms. The fourth-order valence-electron chi connectivity index (χ4n) is 7.90. The maximum Gasteiger partial charge on any atom is 0.149 e. The molecular formula is C53H51N3O. The summed E-state index contributed by atoms with van der Waals surface area (Å²) in [6.45, 7) is 17.9. The molecule has 0 saturated heterocycles. The Kier molecular flexibility index (Phi) is 9.69. The highest BCUT2D eigenvalue weighted by Gasteiger charge is 2.25. The SMILES string of the molecule is COc1c(C)cc(C)cc1-c1nc2c(-c3cc(-c4cc(-c5ccccc5)ccn4)cc(C(C)(C)C)c3)cccc2n1-c1cc(-c2ccccc2)cc(C(C)(C)C)c1. The van der Waals surface area contributed by atoms with E-state index in [1.54, 1.807) is 7.11 Å². The van der Waals surface area contributed by atoms with Crippen molar-refractivity contribution in [3.8, 4) is 67.5 Å². The number of imidazole rings is 1. The molecule has 6 aromatic carbocycles. The number of pyridine rings is 1. The minimum atomic E-state index is -0.103. The molecule has 57 heavy (non-hydrogen) atoms. The summed E-state index contributed by atoms with van der Waals surface area (Å²) >= 11 is 0. The molecule has 0 fully saturated rings. The van der Waals surface area contributed by atoms with E-state index in [9.17, 15) is 0 Å². The first kappa shape index (κ1) is 37.7. The molecule has 0 aliphatic heterocycles. The maximum atomic E-state index is 6.16. The maximum absolute atomic E-state index is 6.16. The Morgan fingerprint density at radius 1 is 0.526 bits per heavy atom. The third-order valence-corrected chi connectivity index (χ3v) is 11.0. The number of hydrogen-bond acceptors (Lipinski definition) is 3. The number of aromatic nitrogens is 3. The van der Waals surface area contributed by atoms with Crippen molar-refractivity contribution in [3.63, 3.8) is 0 Å². The molecule has 0 unspecified atom stereocenters. The Morgan fingerprint density at radius 2 is 1.16 bits per heavy atom. The summed E-state index contributed by atoms with van der Waals surface area (Å²) in [6.07, 6.45) is 1.92. The topological polar surface area (TPSA) is 39.9 Å². The van der Waals surface area contributed by atoms with E-state index in [2.05, 4.69) is 199 Å². The van der Waals surface area contributed by atoms with Crippen LogP contribution in [0.25, 0.3) is 72.7 Å². The van der Waals surface area contributed by atoms with Gasteiger partial charge in [0.05, 0.1) is 29.4 Å². The van der Waals surface area contributed by atoms with Crippen LogP contribution in [0.3, 0.4) is 0 Å². The Bertz CT molecular complexity index is 2750. The first-order chi connectivity index (χ1) is 27.3. The zero-order chi connectivity index (χ0) is 40.1. The lowest BCUT2D eigenvalue weighted by molar-refractivity contribution is 0.413. The van der Waals surface area contributed by atoms with Crippen LogP contribution < -0.4 is 4.74 Å². The van der Waals surface area contributed by atoms with Gasteiger partial charge in [0.2, 0.25) is 0 Å². The first-order valence-electron chi connectivity index (χ1n) is 19.8. The molecule has 0 aliphatic rings. The number of ether oxygens (including phenoxy) is 1. The van der Waals surface area contributed by atoms with E-state index < -0.39 is 0 Å². The molecule has 0 bridgehead atoms. The van der Waals surface area contributed by atoms with Gasteiger partial charge in [-0.2, -0.15) is 0 Å². The van der Waals surface area contributed by atoms with Crippen molar-refractivity contribution in [2.24, 2.45) is 0 Å². The molecule has 2 heterocycles. The largest absolute Gasteiger partial charge is 0.496 e. The van der Waals surface area contributed by atoms with Crippen molar-refractivity contribution in [1.29, 1.82) is 0 Å². The number of aryl methyl sites for hydroxylation is 2. The number of methoxy groups -OCH3 is 1. The average Bonchev–Trinajstić information content (AvgIpc) is 3.60. The summed E-state index contributed by atoms with van der Waals surface area (Å²) in [4.78, 5) is 10.6. The summed E-state index contributed by atoms with van der Waals surface area (Å²) in [5.74, 6) is 1.67. The second-order valence-electron chi connectivity index (χ2n) is 17.3. The van der Waals surface area contributed by atoms with Crippen molar-refractivity contribution in [3.05, 3.63) is 168 Å². The van der Waals surface area contributed by atoms with Gasteiger partial charge in [-0.25, -0.2) is 4.98 Å². The predicted octanol–water partition coefficient (Wildman–Crippen LogP) is 14.0. The van der Waals surface area contributed by atoms with Crippen LogP contribution in [0.1, 0.15) is 63.8 Å². The molecule has 0 atom stereocenters. The van der Waals surface area contributed by atoms with Gasteiger partial charge in [-0.1, -0.05) is 133 Å². The van der Waals surface area contributed by atoms with Crippen molar-refractivity contribution in [2.75, 3.05) is 7.11 Å². The number of benzene rings is 6. The summed E-state index contributed by atoms with van der Waals surface area (Å²) in [7, 11) is 1.76. The van der Waals surface area contributed by atoms with Crippen LogP contribution in [0.15, 0.2) is 146 Å². The zero-order valence-corrected chi connectivity index (χ0v) is 34.6. The van der Waals surface area contributed by atoms with Gasteiger partial charge in [-0.05, 0) is 123 Å². The minimum Gasteiger partial charge on any atom is -0.496 e. The lowest BCUT2D eigenvalue weighted by atomic mass is 9.83. The molecule has 0 radical (unpaired) electrons. The van der Waals surface area contributed by atoms with Crippen molar-refractivity contribution >= 4 is 11.0 Å². The molecular weight excluding hydrogens is 695 g/mol. The third kappa shape index (κ3) is 7.40. The van der Waals surface area contributed by atoms with Crippen molar-refractivity contribution in [1.82, 2.24) is 14.5 Å². The fourth-order valence-corrected chi connectivity index (χ4v) is 7.90. The van der Waals surface area contributed by atoms with Crippen LogP contribution in [0.5, 0.6) is 5.75 Å². The van der Waals surface area contributed by atoms with Crippen LogP contribution in [0.4, 0.5) is 0 Å². The van der Waals surface area contributed by atoms with Gasteiger partial charge in [0.25, 0.3) is 0 Å². The molecule has 2 aromatic heterocycles. The van der Waals surface area contributed by atoms with Gasteiger partial charge in [-0.3, -0.25) is 9.55 Å². The lowest BCUT2D eigenvalue weighted by Gasteiger charge is -2.23. The molecule has 8 rings (SSSR count). The summed E-state index contributed by atoms with van der Waals surface area (Å²) in [5, 5.41) is 0.